The lowest BCUT2D eigenvalue weighted by atomic mass is 9.78. The van der Waals surface area contributed by atoms with Crippen LogP contribution in [0.3, 0.4) is 0 Å². The molecule has 1 aliphatic carbocycles. The van der Waals surface area contributed by atoms with Crippen molar-refractivity contribution in [2.45, 2.75) is 104 Å². The van der Waals surface area contributed by atoms with Crippen molar-refractivity contribution < 1.29 is 9.59 Å². The summed E-state index contributed by atoms with van der Waals surface area (Å²) in [6.07, 6.45) is 12.9. The predicted octanol–water partition coefficient (Wildman–Crippen LogP) is 4.92. The molecule has 0 bridgehead atoms. The van der Waals surface area contributed by atoms with Crippen molar-refractivity contribution in [1.82, 2.24) is 10.2 Å². The van der Waals surface area contributed by atoms with Crippen molar-refractivity contribution in [2.24, 2.45) is 17.8 Å². The summed E-state index contributed by atoms with van der Waals surface area (Å²) in [5.74, 6) is 2.41. The third-order valence-corrected chi connectivity index (χ3v) is 6.48. The number of hydrogen-bond acceptors (Lipinski definition) is 2. The van der Waals surface area contributed by atoms with Gasteiger partial charge in [0.1, 0.15) is 0 Å². The Hall–Kier alpha value is -1.06. The molecule has 1 saturated heterocycles. The summed E-state index contributed by atoms with van der Waals surface area (Å²) in [6.45, 7) is 8.42. The van der Waals surface area contributed by atoms with E-state index in [1.165, 1.54) is 51.4 Å². The molecule has 2 fully saturated rings. The molecule has 4 nitrogen and oxygen atoms in total. The number of carbonyl (C=O) groups is 2. The van der Waals surface area contributed by atoms with E-state index in [9.17, 15) is 9.59 Å². The zero-order valence-electron chi connectivity index (χ0n) is 18.0. The van der Waals surface area contributed by atoms with Crippen LogP contribution >= 0.6 is 0 Å². The summed E-state index contributed by atoms with van der Waals surface area (Å²) in [5.41, 5.74) is 0. The molecule has 3 atom stereocenters. The Morgan fingerprint density at radius 3 is 2.48 bits per heavy atom. The van der Waals surface area contributed by atoms with Crippen molar-refractivity contribution in [1.29, 1.82) is 0 Å². The number of fused-ring (bicyclic) bond motifs is 1. The maximum absolute atomic E-state index is 12.7. The lowest BCUT2D eigenvalue weighted by Crippen LogP contribution is -2.49. The molecule has 0 aromatic rings. The van der Waals surface area contributed by atoms with E-state index >= 15 is 0 Å². The van der Waals surface area contributed by atoms with E-state index < -0.39 is 0 Å². The molecule has 1 heterocycles. The molecule has 0 spiro atoms. The molecule has 1 saturated carbocycles. The molecule has 3 unspecified atom stereocenters. The fourth-order valence-corrected chi connectivity index (χ4v) is 4.83. The van der Waals surface area contributed by atoms with Crippen LogP contribution in [0.2, 0.25) is 0 Å². The zero-order chi connectivity index (χ0) is 19.6. The van der Waals surface area contributed by atoms with E-state index in [4.69, 9.17) is 0 Å². The van der Waals surface area contributed by atoms with Gasteiger partial charge in [-0.1, -0.05) is 46.5 Å². The van der Waals surface area contributed by atoms with Gasteiger partial charge in [-0.3, -0.25) is 9.59 Å². The summed E-state index contributed by atoms with van der Waals surface area (Å²) in [4.78, 5) is 26.9. The summed E-state index contributed by atoms with van der Waals surface area (Å²) in [6, 6.07) is 0.487. The number of likely N-dealkylation sites (tertiary alicyclic amines) is 1. The van der Waals surface area contributed by atoms with Gasteiger partial charge in [-0.2, -0.15) is 0 Å². The van der Waals surface area contributed by atoms with Crippen LogP contribution < -0.4 is 5.32 Å². The largest absolute Gasteiger partial charge is 0.356 e. The second-order valence-electron chi connectivity index (χ2n) is 9.43. The molecule has 0 radical (unpaired) electrons. The normalized spacial score (nSPS) is 23.8. The van der Waals surface area contributed by atoms with Gasteiger partial charge in [-0.15, -0.1) is 0 Å². The Morgan fingerprint density at radius 2 is 1.70 bits per heavy atom. The maximum Gasteiger partial charge on any atom is 0.222 e. The minimum atomic E-state index is 0.104. The number of nitrogens with zero attached hydrogens (tertiary/aromatic N) is 1. The molecular formula is C23H42N2O2. The molecule has 4 heteroatoms. The standard InChI is InChI=1S/C23H42N2O2/c1-18(2)9-6-10-19(3)17-24-22(26)14-7-15-23(27)25-16-8-12-20-11-4-5-13-21(20)25/h18-21H,4-17H2,1-3H3,(H,24,26). The van der Waals surface area contributed by atoms with Crippen LogP contribution in [0, 0.1) is 17.8 Å². The van der Waals surface area contributed by atoms with E-state index in [0.717, 1.165) is 31.3 Å². The molecular weight excluding hydrogens is 336 g/mol. The van der Waals surface area contributed by atoms with Gasteiger partial charge >= 0.3 is 0 Å². The maximum atomic E-state index is 12.7. The highest BCUT2D eigenvalue weighted by atomic mass is 16.2. The molecule has 1 aliphatic heterocycles. The quantitative estimate of drug-likeness (QED) is 0.587. The minimum absolute atomic E-state index is 0.104. The fraction of sp³-hybridized carbons (Fsp3) is 0.913. The van der Waals surface area contributed by atoms with Crippen LogP contribution in [-0.4, -0.2) is 35.8 Å². The SMILES string of the molecule is CC(C)CCCC(C)CNC(=O)CCCC(=O)N1CCCC2CCCCC21. The van der Waals surface area contributed by atoms with Crippen LogP contribution in [-0.2, 0) is 9.59 Å². The molecule has 2 rings (SSSR count). The monoisotopic (exact) mass is 378 g/mol. The summed E-state index contributed by atoms with van der Waals surface area (Å²) >= 11 is 0. The van der Waals surface area contributed by atoms with E-state index in [2.05, 4.69) is 31.0 Å². The number of nitrogens with one attached hydrogen (secondary N) is 1. The van der Waals surface area contributed by atoms with Crippen molar-refractivity contribution in [3.63, 3.8) is 0 Å². The highest BCUT2D eigenvalue weighted by molar-refractivity contribution is 5.79. The van der Waals surface area contributed by atoms with Crippen LogP contribution in [0.1, 0.15) is 97.8 Å². The number of piperidine rings is 1. The second-order valence-corrected chi connectivity index (χ2v) is 9.43. The first-order valence-electron chi connectivity index (χ1n) is 11.5. The topological polar surface area (TPSA) is 49.4 Å². The zero-order valence-corrected chi connectivity index (χ0v) is 18.0. The number of rotatable bonds is 10. The highest BCUT2D eigenvalue weighted by Gasteiger charge is 2.35. The summed E-state index contributed by atoms with van der Waals surface area (Å²) < 4.78 is 0. The first-order chi connectivity index (χ1) is 13.0. The van der Waals surface area contributed by atoms with Crippen molar-refractivity contribution in [2.75, 3.05) is 13.1 Å². The lowest BCUT2D eigenvalue weighted by molar-refractivity contribution is -0.137. The molecule has 0 aromatic carbocycles. The average molecular weight is 379 g/mol. The first-order valence-corrected chi connectivity index (χ1v) is 11.5. The van der Waals surface area contributed by atoms with Gasteiger partial charge in [0.15, 0.2) is 0 Å². The third kappa shape index (κ3) is 7.83. The number of amides is 2. The average Bonchev–Trinajstić information content (AvgIpc) is 2.65. The Balaban J connectivity index is 1.59. The first kappa shape index (κ1) is 22.2. The Labute approximate surface area is 166 Å². The van der Waals surface area contributed by atoms with Gasteiger partial charge in [0, 0.05) is 32.0 Å². The Morgan fingerprint density at radius 1 is 0.963 bits per heavy atom. The Kier molecular flexibility index (Phi) is 9.64. The van der Waals surface area contributed by atoms with Gasteiger partial charge in [-0.05, 0) is 56.3 Å². The molecule has 1 N–H and O–H groups in total. The van der Waals surface area contributed by atoms with Gasteiger partial charge in [-0.25, -0.2) is 0 Å². The molecule has 2 amide bonds. The highest BCUT2D eigenvalue weighted by Crippen LogP contribution is 2.35. The van der Waals surface area contributed by atoms with Crippen LogP contribution in [0.25, 0.3) is 0 Å². The molecule has 156 valence electrons. The Bertz CT molecular complexity index is 461. The number of carbonyl (C=O) groups excluding carboxylic acids is 2. The molecule has 2 aliphatic rings. The summed E-state index contributed by atoms with van der Waals surface area (Å²) in [5, 5.41) is 3.06. The number of hydrogen-bond donors (Lipinski definition) is 1. The van der Waals surface area contributed by atoms with E-state index in [-0.39, 0.29) is 11.8 Å². The van der Waals surface area contributed by atoms with E-state index in [1.807, 2.05) is 0 Å². The van der Waals surface area contributed by atoms with E-state index in [0.29, 0.717) is 31.2 Å². The van der Waals surface area contributed by atoms with Crippen LogP contribution in [0.15, 0.2) is 0 Å². The van der Waals surface area contributed by atoms with E-state index in [1.54, 1.807) is 0 Å². The van der Waals surface area contributed by atoms with Gasteiger partial charge in [0.25, 0.3) is 0 Å². The summed E-state index contributed by atoms with van der Waals surface area (Å²) in [7, 11) is 0. The third-order valence-electron chi connectivity index (χ3n) is 6.48. The van der Waals surface area contributed by atoms with Gasteiger partial charge < -0.3 is 10.2 Å². The molecule has 0 aromatic heterocycles. The van der Waals surface area contributed by atoms with Gasteiger partial charge in [0.05, 0.1) is 0 Å². The van der Waals surface area contributed by atoms with Crippen LogP contribution in [0.4, 0.5) is 0 Å². The second kappa shape index (κ2) is 11.7. The fourth-order valence-electron chi connectivity index (χ4n) is 4.83. The van der Waals surface area contributed by atoms with Crippen molar-refractivity contribution in [3.8, 4) is 0 Å². The van der Waals surface area contributed by atoms with Gasteiger partial charge in [0.2, 0.25) is 11.8 Å². The van der Waals surface area contributed by atoms with Crippen molar-refractivity contribution in [3.05, 3.63) is 0 Å². The predicted molar refractivity (Wildman–Crippen MR) is 111 cm³/mol. The van der Waals surface area contributed by atoms with Crippen molar-refractivity contribution >= 4 is 11.8 Å². The van der Waals surface area contributed by atoms with Crippen LogP contribution in [0.5, 0.6) is 0 Å². The smallest absolute Gasteiger partial charge is 0.222 e. The minimum Gasteiger partial charge on any atom is -0.356 e. The lowest BCUT2D eigenvalue weighted by Gasteiger charge is -2.44. The molecule has 27 heavy (non-hydrogen) atoms.